The molecule has 2 aliphatic heterocycles. The standard InChI is InChI=1S/C9H11NO/c1-2-8-7-3-5-11-9(7)6-10(8)4-1/h3,5,8H,1-2,4,6H2. The van der Waals surface area contributed by atoms with E-state index in [-0.39, 0.29) is 0 Å². The lowest BCUT2D eigenvalue weighted by Gasteiger charge is -2.12. The van der Waals surface area contributed by atoms with Gasteiger partial charge in [-0.3, -0.25) is 4.90 Å². The summed E-state index contributed by atoms with van der Waals surface area (Å²) >= 11 is 0. The Morgan fingerprint density at radius 1 is 1.55 bits per heavy atom. The van der Waals surface area contributed by atoms with Crippen LogP contribution in [-0.4, -0.2) is 11.4 Å². The van der Waals surface area contributed by atoms with E-state index in [2.05, 4.69) is 11.0 Å². The largest absolute Gasteiger partial charge is 0.468 e. The Labute approximate surface area is 65.8 Å². The second-order valence-electron chi connectivity index (χ2n) is 3.43. The number of hydrogen-bond acceptors (Lipinski definition) is 2. The summed E-state index contributed by atoms with van der Waals surface area (Å²) < 4.78 is 5.37. The molecular formula is C9H11NO. The van der Waals surface area contributed by atoms with Crippen molar-refractivity contribution in [1.29, 1.82) is 0 Å². The van der Waals surface area contributed by atoms with Crippen molar-refractivity contribution in [2.24, 2.45) is 0 Å². The molecule has 1 aromatic rings. The lowest BCUT2D eigenvalue weighted by atomic mass is 10.1. The molecule has 1 saturated heterocycles. The van der Waals surface area contributed by atoms with Crippen LogP contribution in [0.2, 0.25) is 0 Å². The molecule has 11 heavy (non-hydrogen) atoms. The smallest absolute Gasteiger partial charge is 0.122 e. The fourth-order valence-corrected chi connectivity index (χ4v) is 2.33. The topological polar surface area (TPSA) is 16.4 Å². The van der Waals surface area contributed by atoms with Crippen LogP contribution in [0.15, 0.2) is 16.7 Å². The van der Waals surface area contributed by atoms with Crippen molar-refractivity contribution in [2.75, 3.05) is 6.54 Å². The van der Waals surface area contributed by atoms with Crippen LogP contribution in [-0.2, 0) is 6.54 Å². The van der Waals surface area contributed by atoms with Crippen LogP contribution in [0.4, 0.5) is 0 Å². The van der Waals surface area contributed by atoms with Gasteiger partial charge in [0.2, 0.25) is 0 Å². The van der Waals surface area contributed by atoms with Gasteiger partial charge in [-0.2, -0.15) is 0 Å². The lowest BCUT2D eigenvalue weighted by Crippen LogP contribution is -2.14. The third kappa shape index (κ3) is 0.653. The molecule has 1 aromatic heterocycles. The minimum atomic E-state index is 0.698. The molecule has 3 heterocycles. The zero-order chi connectivity index (χ0) is 7.26. The molecule has 1 fully saturated rings. The van der Waals surface area contributed by atoms with E-state index in [1.54, 1.807) is 0 Å². The molecule has 0 aliphatic carbocycles. The molecule has 1 unspecified atom stereocenters. The van der Waals surface area contributed by atoms with E-state index in [9.17, 15) is 0 Å². The maximum atomic E-state index is 5.37. The van der Waals surface area contributed by atoms with Crippen molar-refractivity contribution >= 4 is 0 Å². The SMILES string of the molecule is c1cc2c(o1)CN1CCCC21. The van der Waals surface area contributed by atoms with E-state index in [0.29, 0.717) is 6.04 Å². The van der Waals surface area contributed by atoms with Crippen LogP contribution >= 0.6 is 0 Å². The Bertz CT molecular complexity index is 279. The van der Waals surface area contributed by atoms with Gasteiger partial charge in [0.15, 0.2) is 0 Å². The second-order valence-corrected chi connectivity index (χ2v) is 3.43. The zero-order valence-electron chi connectivity index (χ0n) is 6.42. The van der Waals surface area contributed by atoms with Crippen LogP contribution in [0.1, 0.15) is 30.2 Å². The maximum absolute atomic E-state index is 5.37. The van der Waals surface area contributed by atoms with Crippen molar-refractivity contribution in [2.45, 2.75) is 25.4 Å². The predicted molar refractivity (Wildman–Crippen MR) is 41.1 cm³/mol. The molecule has 58 valence electrons. The summed E-state index contributed by atoms with van der Waals surface area (Å²) in [6.45, 7) is 2.31. The van der Waals surface area contributed by atoms with Gasteiger partial charge in [0.25, 0.3) is 0 Å². The summed E-state index contributed by atoms with van der Waals surface area (Å²) in [5.74, 6) is 1.20. The Morgan fingerprint density at radius 2 is 2.55 bits per heavy atom. The molecule has 0 spiro atoms. The summed E-state index contributed by atoms with van der Waals surface area (Å²) in [6, 6.07) is 2.83. The quantitative estimate of drug-likeness (QED) is 0.560. The average Bonchev–Trinajstić information content (AvgIpc) is 2.52. The minimum Gasteiger partial charge on any atom is -0.468 e. The van der Waals surface area contributed by atoms with Gasteiger partial charge in [-0.05, 0) is 25.5 Å². The van der Waals surface area contributed by atoms with Gasteiger partial charge in [-0.1, -0.05) is 0 Å². The molecule has 3 rings (SSSR count). The average molecular weight is 149 g/mol. The van der Waals surface area contributed by atoms with E-state index >= 15 is 0 Å². The first-order valence-corrected chi connectivity index (χ1v) is 4.25. The third-order valence-electron chi connectivity index (χ3n) is 2.85. The fourth-order valence-electron chi connectivity index (χ4n) is 2.33. The van der Waals surface area contributed by atoms with Crippen molar-refractivity contribution in [3.63, 3.8) is 0 Å². The molecule has 0 N–H and O–H groups in total. The van der Waals surface area contributed by atoms with Gasteiger partial charge in [-0.15, -0.1) is 0 Å². The molecule has 2 nitrogen and oxygen atoms in total. The highest BCUT2D eigenvalue weighted by Gasteiger charge is 2.35. The molecule has 2 aliphatic rings. The van der Waals surface area contributed by atoms with Crippen LogP contribution in [0, 0.1) is 0 Å². The van der Waals surface area contributed by atoms with E-state index in [1.165, 1.54) is 30.7 Å². The van der Waals surface area contributed by atoms with Gasteiger partial charge >= 0.3 is 0 Å². The van der Waals surface area contributed by atoms with Gasteiger partial charge in [0, 0.05) is 11.6 Å². The highest BCUT2D eigenvalue weighted by Crippen LogP contribution is 2.41. The third-order valence-corrected chi connectivity index (χ3v) is 2.85. The van der Waals surface area contributed by atoms with Crippen molar-refractivity contribution in [3.8, 4) is 0 Å². The number of nitrogens with zero attached hydrogens (tertiary/aromatic N) is 1. The number of furan rings is 1. The number of rotatable bonds is 0. The Hall–Kier alpha value is -0.760. The van der Waals surface area contributed by atoms with E-state index in [4.69, 9.17) is 4.42 Å². The van der Waals surface area contributed by atoms with E-state index in [0.717, 1.165) is 6.54 Å². The summed E-state index contributed by atoms with van der Waals surface area (Å²) in [7, 11) is 0. The summed E-state index contributed by atoms with van der Waals surface area (Å²) in [5.41, 5.74) is 1.45. The van der Waals surface area contributed by atoms with Crippen molar-refractivity contribution < 1.29 is 4.42 Å². The summed E-state index contributed by atoms with van der Waals surface area (Å²) in [5, 5.41) is 0. The summed E-state index contributed by atoms with van der Waals surface area (Å²) in [6.07, 6.45) is 4.50. The van der Waals surface area contributed by atoms with Gasteiger partial charge < -0.3 is 4.42 Å². The van der Waals surface area contributed by atoms with Gasteiger partial charge in [0.05, 0.1) is 12.8 Å². The zero-order valence-corrected chi connectivity index (χ0v) is 6.42. The minimum absolute atomic E-state index is 0.698. The van der Waals surface area contributed by atoms with Crippen LogP contribution < -0.4 is 0 Å². The predicted octanol–water partition coefficient (Wildman–Crippen LogP) is 1.93. The maximum Gasteiger partial charge on any atom is 0.122 e. The van der Waals surface area contributed by atoms with Crippen LogP contribution in [0.5, 0.6) is 0 Å². The molecule has 0 radical (unpaired) electrons. The molecule has 0 amide bonds. The van der Waals surface area contributed by atoms with Crippen LogP contribution in [0.3, 0.4) is 0 Å². The lowest BCUT2D eigenvalue weighted by molar-refractivity contribution is 0.266. The normalized spacial score (nSPS) is 28.9. The molecule has 0 bridgehead atoms. The van der Waals surface area contributed by atoms with E-state index < -0.39 is 0 Å². The second kappa shape index (κ2) is 1.89. The van der Waals surface area contributed by atoms with E-state index in [1.807, 2.05) is 6.26 Å². The Morgan fingerprint density at radius 3 is 3.55 bits per heavy atom. The monoisotopic (exact) mass is 149 g/mol. The highest BCUT2D eigenvalue weighted by atomic mass is 16.3. The number of fused-ring (bicyclic) bond motifs is 3. The summed E-state index contributed by atoms with van der Waals surface area (Å²) in [4.78, 5) is 2.51. The van der Waals surface area contributed by atoms with Crippen molar-refractivity contribution in [1.82, 2.24) is 4.90 Å². The van der Waals surface area contributed by atoms with Gasteiger partial charge in [0.1, 0.15) is 5.76 Å². The van der Waals surface area contributed by atoms with Crippen molar-refractivity contribution in [3.05, 3.63) is 23.7 Å². The highest BCUT2D eigenvalue weighted by molar-refractivity contribution is 5.27. The molecule has 2 heteroatoms. The first-order valence-electron chi connectivity index (χ1n) is 4.25. The molecule has 0 aromatic carbocycles. The fraction of sp³-hybridized carbons (Fsp3) is 0.556. The van der Waals surface area contributed by atoms with Crippen LogP contribution in [0.25, 0.3) is 0 Å². The molecule has 0 saturated carbocycles. The number of hydrogen-bond donors (Lipinski definition) is 0. The first kappa shape index (κ1) is 5.84. The molecule has 1 atom stereocenters. The molecular weight excluding hydrogens is 138 g/mol. The Balaban J connectivity index is 2.08. The Kier molecular flexibility index (Phi) is 1.00. The van der Waals surface area contributed by atoms with Gasteiger partial charge in [-0.25, -0.2) is 0 Å². The first-order chi connectivity index (χ1) is 5.45.